The molecule has 3 nitrogen and oxygen atoms in total. The molecule has 0 aromatic rings. The molecule has 0 bridgehead atoms. The molecule has 0 atom stereocenters. The Bertz CT molecular complexity index is 102. The molecule has 5 heteroatoms. The van der Waals surface area contributed by atoms with E-state index in [1.807, 2.05) is 0 Å². The summed E-state index contributed by atoms with van der Waals surface area (Å²) in [6.07, 6.45) is 0. The lowest BCUT2D eigenvalue weighted by Gasteiger charge is -2.21. The number of halogens is 2. The molecule has 0 rings (SSSR count). The fourth-order valence-electron chi connectivity index (χ4n) is 0.300. The molecule has 0 spiro atoms. The average molecular weight is 432 g/mol. The van der Waals surface area contributed by atoms with Crippen LogP contribution in [0.1, 0.15) is 0 Å². The van der Waals surface area contributed by atoms with Crippen LogP contribution in [0.15, 0.2) is 0 Å². The van der Waals surface area contributed by atoms with Gasteiger partial charge in [0.05, 0.1) is 55.9 Å². The van der Waals surface area contributed by atoms with Crippen molar-refractivity contribution in [3.05, 3.63) is 0 Å². The van der Waals surface area contributed by atoms with Crippen LogP contribution in [0.25, 0.3) is 0 Å². The molecule has 0 amide bonds. The lowest BCUT2D eigenvalue weighted by Crippen LogP contribution is -3.00. The number of nitrogens with zero attached hydrogens (tertiary/aromatic N) is 2. The van der Waals surface area contributed by atoms with Gasteiger partial charge in [0.25, 0.3) is 0 Å². The molecule has 14 heavy (non-hydrogen) atoms. The van der Waals surface area contributed by atoms with E-state index in [0.717, 1.165) is 15.5 Å². The van der Waals surface area contributed by atoms with E-state index in [1.165, 1.54) is 0 Å². The topological polar surface area (TPSA) is 20.2 Å². The summed E-state index contributed by atoms with van der Waals surface area (Å²) in [5, 5.41) is 8.39. The molecule has 0 saturated carbocycles. The Balaban J connectivity index is -0.0000000651. The maximum atomic E-state index is 8.39. The molecule has 0 aromatic heterocycles. The van der Waals surface area contributed by atoms with Crippen LogP contribution in [0, 0.1) is 0 Å². The predicted octanol–water partition coefficient (Wildman–Crippen LogP) is -5.98. The van der Waals surface area contributed by atoms with Gasteiger partial charge in [-0.15, -0.1) is 0 Å². The zero-order valence-corrected chi connectivity index (χ0v) is 14.8. The van der Waals surface area contributed by atoms with Crippen molar-refractivity contribution in [3.8, 4) is 0 Å². The Labute approximate surface area is 124 Å². The molecule has 92 valence electrons. The summed E-state index contributed by atoms with van der Waals surface area (Å²) in [7, 11) is 14.7. The Kier molecular flexibility index (Phi) is 19.0. The van der Waals surface area contributed by atoms with Gasteiger partial charge in [-0.25, -0.2) is 0 Å². The highest BCUT2D eigenvalue weighted by atomic mass is 127. The average Bonchev–Trinajstić information content (AvgIpc) is 1.54. The zero-order chi connectivity index (χ0) is 10.4. The van der Waals surface area contributed by atoms with Gasteiger partial charge in [0.15, 0.2) is 0 Å². The van der Waals surface area contributed by atoms with Crippen LogP contribution in [0.3, 0.4) is 0 Å². The van der Waals surface area contributed by atoms with Gasteiger partial charge in [0.2, 0.25) is 0 Å². The minimum atomic E-state index is 0. The van der Waals surface area contributed by atoms with Crippen LogP contribution in [0.2, 0.25) is 0 Å². The fourth-order valence-corrected chi connectivity index (χ4v) is 0.300. The molecule has 0 aliphatic heterocycles. The van der Waals surface area contributed by atoms with Crippen molar-refractivity contribution in [2.75, 3.05) is 62.5 Å². The quantitative estimate of drug-likeness (QED) is 0.341. The highest BCUT2D eigenvalue weighted by Gasteiger charge is 2.02. The van der Waals surface area contributed by atoms with Gasteiger partial charge < -0.3 is 62.0 Å². The largest absolute Gasteiger partial charge is 1.00 e. The molecule has 0 saturated heterocycles. The fraction of sp³-hybridized carbons (Fsp3) is 1.00. The summed E-state index contributed by atoms with van der Waals surface area (Å²) in [5.41, 5.74) is 0. The highest BCUT2D eigenvalue weighted by Crippen LogP contribution is 1.84. The molecule has 0 unspecified atom stereocenters. The van der Waals surface area contributed by atoms with E-state index < -0.39 is 0 Å². The molecule has 0 aromatic carbocycles. The van der Waals surface area contributed by atoms with Gasteiger partial charge in [-0.05, 0) is 0 Å². The maximum absolute atomic E-state index is 8.39. The zero-order valence-electron chi connectivity index (χ0n) is 10.5. The van der Waals surface area contributed by atoms with E-state index in [2.05, 4.69) is 49.3 Å². The number of aliphatic hydroxyl groups is 1. The number of hydrogen-bond acceptors (Lipinski definition) is 1. The third kappa shape index (κ3) is 71.2. The first-order valence-electron chi connectivity index (χ1n) is 4.26. The van der Waals surface area contributed by atoms with Crippen LogP contribution in [-0.2, 0) is 0 Å². The van der Waals surface area contributed by atoms with Gasteiger partial charge in [-0.3, -0.25) is 0 Å². The van der Waals surface area contributed by atoms with Crippen LogP contribution in [0.4, 0.5) is 0 Å². The molecular weight excluding hydrogens is 406 g/mol. The standard InChI is InChI=1S/C5H14NO.C4H12N.2HI/c1-6(2,3)4-5-7;1-5(2,3)4;;/h7H,4-5H2,1-3H3;1-4H3;2*1H/q2*+1;;/p-2. The first-order valence-corrected chi connectivity index (χ1v) is 4.26. The van der Waals surface area contributed by atoms with Crippen molar-refractivity contribution >= 4 is 0 Å². The Morgan fingerprint density at radius 3 is 1.00 bits per heavy atom. The summed E-state index contributed by atoms with van der Waals surface area (Å²) in [6.45, 7) is 1.11. The van der Waals surface area contributed by atoms with E-state index in [4.69, 9.17) is 5.11 Å². The SMILES string of the molecule is C[N+](C)(C)C.C[N+](C)(C)CCO.[I-].[I-]. The summed E-state index contributed by atoms with van der Waals surface area (Å²) in [6, 6.07) is 0. The number of hydrogen-bond donors (Lipinski definition) is 1. The van der Waals surface area contributed by atoms with Gasteiger partial charge in [-0.2, -0.15) is 0 Å². The Morgan fingerprint density at radius 1 is 0.786 bits per heavy atom. The van der Waals surface area contributed by atoms with Crippen LogP contribution in [0.5, 0.6) is 0 Å². The molecule has 0 aliphatic carbocycles. The van der Waals surface area contributed by atoms with Crippen molar-refractivity contribution < 1.29 is 62.0 Å². The number of quaternary nitrogens is 2. The van der Waals surface area contributed by atoms with E-state index >= 15 is 0 Å². The second-order valence-corrected chi connectivity index (χ2v) is 5.42. The number of aliphatic hydroxyl groups excluding tert-OH is 1. The van der Waals surface area contributed by atoms with Crippen molar-refractivity contribution in [2.45, 2.75) is 0 Å². The summed E-state index contributed by atoms with van der Waals surface area (Å²) < 4.78 is 1.84. The third-order valence-electron chi connectivity index (χ3n) is 0.771. The van der Waals surface area contributed by atoms with E-state index in [-0.39, 0.29) is 54.6 Å². The van der Waals surface area contributed by atoms with Gasteiger partial charge >= 0.3 is 0 Å². The monoisotopic (exact) mass is 432 g/mol. The molecule has 0 heterocycles. The second kappa shape index (κ2) is 10.8. The molecule has 0 fully saturated rings. The number of likely N-dealkylation sites (N-methyl/N-ethyl adjacent to an activating group) is 1. The molecule has 0 aliphatic rings. The van der Waals surface area contributed by atoms with Gasteiger partial charge in [0, 0.05) is 0 Å². The van der Waals surface area contributed by atoms with E-state index in [9.17, 15) is 0 Å². The first-order chi connectivity index (χ1) is 5.06. The molecule has 0 radical (unpaired) electrons. The minimum absolute atomic E-state index is 0. The first kappa shape index (κ1) is 24.5. The summed E-state index contributed by atoms with van der Waals surface area (Å²) in [4.78, 5) is 0. The normalized spacial score (nSPS) is 10.3. The summed E-state index contributed by atoms with van der Waals surface area (Å²) in [5.74, 6) is 0. The number of rotatable bonds is 2. The molecule has 1 N–H and O–H groups in total. The van der Waals surface area contributed by atoms with Crippen molar-refractivity contribution in [1.82, 2.24) is 0 Å². The van der Waals surface area contributed by atoms with Gasteiger partial charge in [-0.1, -0.05) is 0 Å². The highest BCUT2D eigenvalue weighted by molar-refractivity contribution is 4.19. The second-order valence-electron chi connectivity index (χ2n) is 5.42. The third-order valence-corrected chi connectivity index (χ3v) is 0.771. The van der Waals surface area contributed by atoms with Crippen molar-refractivity contribution in [2.24, 2.45) is 0 Å². The smallest absolute Gasteiger partial charge is 0.101 e. The van der Waals surface area contributed by atoms with E-state index in [1.54, 1.807) is 0 Å². The van der Waals surface area contributed by atoms with Crippen LogP contribution < -0.4 is 48.0 Å². The lowest BCUT2D eigenvalue weighted by molar-refractivity contribution is -0.870. The van der Waals surface area contributed by atoms with Crippen LogP contribution >= 0.6 is 0 Å². The lowest BCUT2D eigenvalue weighted by atomic mass is 10.5. The Hall–Kier alpha value is 1.34. The van der Waals surface area contributed by atoms with Crippen molar-refractivity contribution in [1.29, 1.82) is 0 Å². The Morgan fingerprint density at radius 2 is 1.00 bits per heavy atom. The molecular formula is C9H26I2N2O. The summed E-state index contributed by atoms with van der Waals surface area (Å²) >= 11 is 0. The van der Waals surface area contributed by atoms with E-state index in [0.29, 0.717) is 0 Å². The maximum Gasteiger partial charge on any atom is 0.101 e. The van der Waals surface area contributed by atoms with Crippen molar-refractivity contribution in [3.63, 3.8) is 0 Å². The van der Waals surface area contributed by atoms with Gasteiger partial charge in [0.1, 0.15) is 6.54 Å². The minimum Gasteiger partial charge on any atom is -1.00 e. The van der Waals surface area contributed by atoms with Crippen LogP contribution in [-0.4, -0.2) is 76.6 Å². The predicted molar refractivity (Wildman–Crippen MR) is 53.9 cm³/mol.